The molecule has 1 N–H and O–H groups in total. The molecule has 5 heteroatoms. The molecule has 0 aliphatic carbocycles. The number of hydrogen-bond donors (Lipinski definition) is 1. The zero-order valence-electron chi connectivity index (χ0n) is 12.6. The van der Waals surface area contributed by atoms with Crippen LogP contribution in [0.5, 0.6) is 0 Å². The van der Waals surface area contributed by atoms with E-state index >= 15 is 0 Å². The predicted octanol–water partition coefficient (Wildman–Crippen LogP) is 2.33. The molecule has 2 heterocycles. The van der Waals surface area contributed by atoms with Crippen molar-refractivity contribution in [3.63, 3.8) is 0 Å². The van der Waals surface area contributed by atoms with E-state index < -0.39 is 10.0 Å². The SMILES string of the molecule is CS(=O)(=O)N1CCCC(CC2CNc3ccccc3C2)C1. The Morgan fingerprint density at radius 2 is 2.10 bits per heavy atom. The quantitative estimate of drug-likeness (QED) is 0.932. The lowest BCUT2D eigenvalue weighted by molar-refractivity contribution is 0.232. The summed E-state index contributed by atoms with van der Waals surface area (Å²) < 4.78 is 25.1. The number of benzene rings is 1. The van der Waals surface area contributed by atoms with Crippen LogP contribution >= 0.6 is 0 Å². The largest absolute Gasteiger partial charge is 0.385 e. The Hall–Kier alpha value is -1.07. The number of hydrogen-bond acceptors (Lipinski definition) is 3. The van der Waals surface area contributed by atoms with E-state index in [1.54, 1.807) is 4.31 Å². The summed E-state index contributed by atoms with van der Waals surface area (Å²) in [4.78, 5) is 0. The number of piperidine rings is 1. The Labute approximate surface area is 127 Å². The van der Waals surface area contributed by atoms with Crippen LogP contribution in [0.1, 0.15) is 24.8 Å². The van der Waals surface area contributed by atoms with E-state index in [2.05, 4.69) is 29.6 Å². The van der Waals surface area contributed by atoms with E-state index in [9.17, 15) is 8.42 Å². The standard InChI is InChI=1S/C16H24N2O2S/c1-21(19,20)18-8-4-5-13(12-18)9-14-10-15-6-2-3-7-16(15)17-11-14/h2-3,6-7,13-14,17H,4-5,8-12H2,1H3. The van der Waals surface area contributed by atoms with Gasteiger partial charge in [-0.05, 0) is 49.1 Å². The molecule has 4 nitrogen and oxygen atoms in total. The summed E-state index contributed by atoms with van der Waals surface area (Å²) in [5, 5.41) is 3.51. The fourth-order valence-electron chi connectivity index (χ4n) is 3.67. The molecule has 21 heavy (non-hydrogen) atoms. The Bertz CT molecular complexity index is 600. The third-order valence-electron chi connectivity index (χ3n) is 4.72. The summed E-state index contributed by atoms with van der Waals surface area (Å²) in [6.45, 7) is 2.41. The van der Waals surface area contributed by atoms with Crippen molar-refractivity contribution in [2.45, 2.75) is 25.7 Å². The first-order valence-corrected chi connectivity index (χ1v) is 9.64. The molecule has 1 saturated heterocycles. The lowest BCUT2D eigenvalue weighted by atomic mass is 9.84. The van der Waals surface area contributed by atoms with Gasteiger partial charge in [0.2, 0.25) is 10.0 Å². The van der Waals surface area contributed by atoms with Gasteiger partial charge in [0.1, 0.15) is 0 Å². The van der Waals surface area contributed by atoms with Crippen LogP contribution in [-0.2, 0) is 16.4 Å². The van der Waals surface area contributed by atoms with Crippen LogP contribution in [0.3, 0.4) is 0 Å². The first-order valence-electron chi connectivity index (χ1n) is 7.79. The molecule has 0 spiro atoms. The minimum atomic E-state index is -3.03. The van der Waals surface area contributed by atoms with Crippen molar-refractivity contribution < 1.29 is 8.42 Å². The highest BCUT2D eigenvalue weighted by atomic mass is 32.2. The number of nitrogens with one attached hydrogen (secondary N) is 1. The highest BCUT2D eigenvalue weighted by Gasteiger charge is 2.28. The predicted molar refractivity (Wildman–Crippen MR) is 85.9 cm³/mol. The van der Waals surface area contributed by atoms with Crippen LogP contribution < -0.4 is 5.32 Å². The molecule has 3 rings (SSSR count). The minimum Gasteiger partial charge on any atom is -0.385 e. The molecule has 0 radical (unpaired) electrons. The van der Waals surface area contributed by atoms with Gasteiger partial charge in [-0.25, -0.2) is 12.7 Å². The Balaban J connectivity index is 1.60. The van der Waals surface area contributed by atoms with E-state index in [1.807, 2.05) is 0 Å². The summed E-state index contributed by atoms with van der Waals surface area (Å²) in [5.41, 5.74) is 2.65. The highest BCUT2D eigenvalue weighted by Crippen LogP contribution is 2.31. The average Bonchev–Trinajstić information content (AvgIpc) is 2.46. The molecule has 0 saturated carbocycles. The van der Waals surface area contributed by atoms with E-state index in [4.69, 9.17) is 0 Å². The van der Waals surface area contributed by atoms with Crippen molar-refractivity contribution in [3.8, 4) is 0 Å². The number of anilines is 1. The van der Waals surface area contributed by atoms with Crippen molar-refractivity contribution in [1.82, 2.24) is 4.31 Å². The van der Waals surface area contributed by atoms with Crippen LogP contribution in [0.2, 0.25) is 0 Å². The van der Waals surface area contributed by atoms with E-state index in [0.717, 1.165) is 32.2 Å². The monoisotopic (exact) mass is 308 g/mol. The van der Waals surface area contributed by atoms with Gasteiger partial charge in [-0.15, -0.1) is 0 Å². The molecule has 116 valence electrons. The highest BCUT2D eigenvalue weighted by molar-refractivity contribution is 7.88. The molecule has 2 aliphatic heterocycles. The smallest absolute Gasteiger partial charge is 0.211 e. The molecular formula is C16H24N2O2S. The van der Waals surface area contributed by atoms with E-state index in [1.165, 1.54) is 17.5 Å². The van der Waals surface area contributed by atoms with E-state index in [0.29, 0.717) is 24.9 Å². The van der Waals surface area contributed by atoms with Crippen LogP contribution in [0.15, 0.2) is 24.3 Å². The summed E-state index contributed by atoms with van der Waals surface area (Å²) >= 11 is 0. The molecule has 2 atom stereocenters. The second-order valence-corrected chi connectivity index (χ2v) is 8.46. The Kier molecular flexibility index (Phi) is 4.22. The zero-order chi connectivity index (χ0) is 14.9. The van der Waals surface area contributed by atoms with Crippen molar-refractivity contribution in [1.29, 1.82) is 0 Å². The summed E-state index contributed by atoms with van der Waals surface area (Å²) in [7, 11) is -3.03. The summed E-state index contributed by atoms with van der Waals surface area (Å²) in [6, 6.07) is 8.49. The van der Waals surface area contributed by atoms with Crippen LogP contribution in [0.4, 0.5) is 5.69 Å². The first-order chi connectivity index (χ1) is 10.0. The van der Waals surface area contributed by atoms with Gasteiger partial charge in [0.25, 0.3) is 0 Å². The van der Waals surface area contributed by atoms with Gasteiger partial charge in [0.15, 0.2) is 0 Å². The molecule has 0 amide bonds. The Morgan fingerprint density at radius 3 is 2.90 bits per heavy atom. The molecule has 2 aliphatic rings. The lowest BCUT2D eigenvalue weighted by Crippen LogP contribution is -2.40. The van der Waals surface area contributed by atoms with Crippen molar-refractivity contribution in [2.75, 3.05) is 31.2 Å². The van der Waals surface area contributed by atoms with Gasteiger partial charge in [-0.1, -0.05) is 18.2 Å². The lowest BCUT2D eigenvalue weighted by Gasteiger charge is -2.34. The van der Waals surface area contributed by atoms with Gasteiger partial charge in [-0.3, -0.25) is 0 Å². The number of nitrogens with zero attached hydrogens (tertiary/aromatic N) is 1. The van der Waals surface area contributed by atoms with Crippen molar-refractivity contribution >= 4 is 15.7 Å². The molecule has 1 aromatic rings. The minimum absolute atomic E-state index is 0.505. The first kappa shape index (κ1) is 14.9. The summed E-state index contributed by atoms with van der Waals surface area (Å²) in [5.74, 6) is 1.12. The second-order valence-electron chi connectivity index (χ2n) is 6.47. The molecule has 1 fully saturated rings. The number of rotatable bonds is 3. The molecule has 0 bridgehead atoms. The molecule has 0 aromatic heterocycles. The number of para-hydroxylation sites is 1. The van der Waals surface area contributed by atoms with E-state index in [-0.39, 0.29) is 0 Å². The third-order valence-corrected chi connectivity index (χ3v) is 5.99. The maximum absolute atomic E-state index is 11.7. The van der Waals surface area contributed by atoms with Crippen LogP contribution in [0.25, 0.3) is 0 Å². The molecular weight excluding hydrogens is 284 g/mol. The zero-order valence-corrected chi connectivity index (χ0v) is 13.4. The van der Waals surface area contributed by atoms with Gasteiger partial charge in [0.05, 0.1) is 6.26 Å². The fourth-order valence-corrected chi connectivity index (χ4v) is 4.61. The molecule has 2 unspecified atom stereocenters. The van der Waals surface area contributed by atoms with Gasteiger partial charge < -0.3 is 5.32 Å². The number of fused-ring (bicyclic) bond motifs is 1. The normalized spacial score (nSPS) is 26.9. The van der Waals surface area contributed by atoms with Crippen LogP contribution in [-0.4, -0.2) is 38.6 Å². The van der Waals surface area contributed by atoms with Crippen molar-refractivity contribution in [2.24, 2.45) is 11.8 Å². The maximum atomic E-state index is 11.7. The van der Waals surface area contributed by atoms with Gasteiger partial charge in [0, 0.05) is 25.3 Å². The van der Waals surface area contributed by atoms with Crippen LogP contribution in [0, 0.1) is 11.8 Å². The second kappa shape index (κ2) is 5.97. The summed E-state index contributed by atoms with van der Waals surface area (Å²) in [6.07, 6.45) is 5.71. The molecule has 1 aromatic carbocycles. The fraction of sp³-hybridized carbons (Fsp3) is 0.625. The van der Waals surface area contributed by atoms with Gasteiger partial charge >= 0.3 is 0 Å². The maximum Gasteiger partial charge on any atom is 0.211 e. The average molecular weight is 308 g/mol. The van der Waals surface area contributed by atoms with Crippen molar-refractivity contribution in [3.05, 3.63) is 29.8 Å². The van der Waals surface area contributed by atoms with Gasteiger partial charge in [-0.2, -0.15) is 0 Å². The Morgan fingerprint density at radius 1 is 1.29 bits per heavy atom. The third kappa shape index (κ3) is 3.58. The topological polar surface area (TPSA) is 49.4 Å². The number of sulfonamides is 1.